The molecular weight excluding hydrogens is 424 g/mol. The van der Waals surface area contributed by atoms with Gasteiger partial charge < -0.3 is 14.8 Å². The lowest BCUT2D eigenvalue weighted by atomic mass is 10.1. The predicted molar refractivity (Wildman–Crippen MR) is 115 cm³/mol. The van der Waals surface area contributed by atoms with E-state index in [0.29, 0.717) is 42.7 Å². The molecule has 0 fully saturated rings. The van der Waals surface area contributed by atoms with Crippen molar-refractivity contribution in [2.45, 2.75) is 32.9 Å². The first-order chi connectivity index (χ1) is 15.0. The second-order valence-electron chi connectivity index (χ2n) is 7.14. The van der Waals surface area contributed by atoms with Gasteiger partial charge in [0.15, 0.2) is 11.5 Å². The first kappa shape index (κ1) is 20.9. The smallest absolute Gasteiger partial charge is 0.329 e. The molecule has 0 aliphatic carbocycles. The van der Waals surface area contributed by atoms with Crippen LogP contribution in [0.25, 0.3) is 11.0 Å². The number of hydrogen-bond donors (Lipinski definition) is 2. The molecule has 4 rings (SSSR count). The number of hydrogen-bond acceptors (Lipinski definition) is 6. The van der Waals surface area contributed by atoms with Crippen molar-refractivity contribution in [2.24, 2.45) is 0 Å². The number of nitrogens with one attached hydrogen (secondary N) is 2. The van der Waals surface area contributed by atoms with E-state index in [0.717, 1.165) is 12.0 Å². The zero-order chi connectivity index (χ0) is 22.0. The van der Waals surface area contributed by atoms with Crippen molar-refractivity contribution >= 4 is 28.5 Å². The van der Waals surface area contributed by atoms with Gasteiger partial charge in [0.1, 0.15) is 5.65 Å². The molecule has 31 heavy (non-hydrogen) atoms. The van der Waals surface area contributed by atoms with E-state index >= 15 is 0 Å². The molecule has 0 unspecified atom stereocenters. The van der Waals surface area contributed by atoms with Crippen molar-refractivity contribution < 1.29 is 14.3 Å². The molecule has 1 aromatic carbocycles. The van der Waals surface area contributed by atoms with E-state index in [1.54, 1.807) is 12.1 Å². The van der Waals surface area contributed by atoms with Gasteiger partial charge in [0.2, 0.25) is 0 Å². The van der Waals surface area contributed by atoms with Gasteiger partial charge in [0.05, 0.1) is 29.2 Å². The van der Waals surface area contributed by atoms with Crippen molar-refractivity contribution in [3.63, 3.8) is 0 Å². The summed E-state index contributed by atoms with van der Waals surface area (Å²) in [6.07, 6.45) is 2.81. The molecule has 1 aliphatic rings. The van der Waals surface area contributed by atoms with Crippen LogP contribution in [0.5, 0.6) is 11.5 Å². The number of rotatable bonds is 5. The van der Waals surface area contributed by atoms with E-state index in [4.69, 9.17) is 21.1 Å². The summed E-state index contributed by atoms with van der Waals surface area (Å²) in [5.41, 5.74) is 0.104. The Morgan fingerprint density at radius 1 is 1.26 bits per heavy atom. The average molecular weight is 445 g/mol. The molecule has 3 aromatic rings. The van der Waals surface area contributed by atoms with E-state index in [-0.39, 0.29) is 23.1 Å². The van der Waals surface area contributed by atoms with Crippen LogP contribution in [0.2, 0.25) is 5.02 Å². The normalized spacial score (nSPS) is 13.1. The largest absolute Gasteiger partial charge is 0.489 e. The Kier molecular flexibility index (Phi) is 5.94. The highest BCUT2D eigenvalue weighted by molar-refractivity contribution is 6.32. The second kappa shape index (κ2) is 8.81. The zero-order valence-corrected chi connectivity index (χ0v) is 17.6. The minimum absolute atomic E-state index is 0.180. The maximum Gasteiger partial charge on any atom is 0.329 e. The molecule has 1 aliphatic heterocycles. The lowest BCUT2D eigenvalue weighted by Crippen LogP contribution is -2.31. The topological polar surface area (TPSA) is 115 Å². The van der Waals surface area contributed by atoms with Gasteiger partial charge in [-0.05, 0) is 30.2 Å². The third-order valence-corrected chi connectivity index (χ3v) is 5.14. The molecule has 3 heterocycles. The number of amides is 1. The Hall–Kier alpha value is -3.33. The molecule has 9 nitrogen and oxygen atoms in total. The number of aromatic amines is 1. The number of carbonyl (C=O) groups excluding carboxylic acids is 1. The van der Waals surface area contributed by atoms with Crippen LogP contribution in [0.1, 0.15) is 35.7 Å². The van der Waals surface area contributed by atoms with Gasteiger partial charge in [-0.25, -0.2) is 9.78 Å². The number of aryl methyl sites for hydroxylation is 1. The zero-order valence-electron chi connectivity index (χ0n) is 16.9. The number of carbonyl (C=O) groups is 1. The summed E-state index contributed by atoms with van der Waals surface area (Å²) in [6.45, 7) is 3.58. The number of ether oxygens (including phenoxy) is 2. The Morgan fingerprint density at radius 2 is 2.06 bits per heavy atom. The van der Waals surface area contributed by atoms with Gasteiger partial charge >= 0.3 is 5.69 Å². The molecule has 2 N–H and O–H groups in total. The molecule has 0 radical (unpaired) electrons. The maximum atomic E-state index is 12.7. The van der Waals surface area contributed by atoms with Crippen LogP contribution in [0.4, 0.5) is 0 Å². The molecule has 1 amide bonds. The summed E-state index contributed by atoms with van der Waals surface area (Å²) in [6, 6.07) is 4.92. The van der Waals surface area contributed by atoms with Crippen LogP contribution in [-0.2, 0) is 13.1 Å². The Bertz CT molecular complexity index is 1270. The van der Waals surface area contributed by atoms with Gasteiger partial charge in [-0.1, -0.05) is 18.5 Å². The predicted octanol–water partition coefficient (Wildman–Crippen LogP) is 2.24. The number of halogens is 1. The fraction of sp³-hybridized carbons (Fsp3) is 0.333. The fourth-order valence-corrected chi connectivity index (χ4v) is 3.68. The van der Waals surface area contributed by atoms with Crippen LogP contribution < -0.4 is 26.0 Å². The summed E-state index contributed by atoms with van der Waals surface area (Å²) in [5, 5.41) is 3.38. The standard InChI is InChI=1S/C21H21ClN4O5/c1-2-4-26-18-14(20(28)25-21(26)29)9-13(11-23-18)19(27)24-10-12-7-15(22)17-16(8-12)30-5-3-6-31-17/h7-9,11H,2-6,10H2,1H3,(H,24,27)(H,25,28,29). The number of pyridine rings is 1. The van der Waals surface area contributed by atoms with Crippen molar-refractivity contribution in [1.82, 2.24) is 19.9 Å². The number of benzene rings is 1. The van der Waals surface area contributed by atoms with Crippen LogP contribution in [0, 0.1) is 0 Å². The van der Waals surface area contributed by atoms with Crippen molar-refractivity contribution in [3.05, 3.63) is 61.4 Å². The Labute approximate surface area is 182 Å². The highest BCUT2D eigenvalue weighted by Gasteiger charge is 2.17. The average Bonchev–Trinajstić information content (AvgIpc) is 3.00. The van der Waals surface area contributed by atoms with Crippen molar-refractivity contribution in [2.75, 3.05) is 13.2 Å². The van der Waals surface area contributed by atoms with Gasteiger partial charge in [-0.3, -0.25) is 19.1 Å². The summed E-state index contributed by atoms with van der Waals surface area (Å²) in [4.78, 5) is 43.4. The van der Waals surface area contributed by atoms with Gasteiger partial charge in [-0.2, -0.15) is 0 Å². The number of H-pyrrole nitrogens is 1. The quantitative estimate of drug-likeness (QED) is 0.623. The molecule has 0 bridgehead atoms. The number of aromatic nitrogens is 3. The molecule has 162 valence electrons. The van der Waals surface area contributed by atoms with E-state index in [2.05, 4.69) is 15.3 Å². The van der Waals surface area contributed by atoms with E-state index in [1.807, 2.05) is 6.92 Å². The minimum Gasteiger partial charge on any atom is -0.489 e. The highest BCUT2D eigenvalue weighted by Crippen LogP contribution is 2.37. The summed E-state index contributed by atoms with van der Waals surface area (Å²) in [5.74, 6) is 0.637. The van der Waals surface area contributed by atoms with E-state index in [9.17, 15) is 14.4 Å². The molecule has 0 spiro atoms. The SMILES string of the molecule is CCCn1c(=O)[nH]c(=O)c2cc(C(=O)NCc3cc(Cl)c4c(c3)OCCCO4)cnc21. The molecule has 2 aromatic heterocycles. The third-order valence-electron chi connectivity index (χ3n) is 4.86. The highest BCUT2D eigenvalue weighted by atomic mass is 35.5. The first-order valence-corrected chi connectivity index (χ1v) is 10.3. The van der Waals surface area contributed by atoms with E-state index < -0.39 is 17.2 Å². The maximum absolute atomic E-state index is 12.7. The van der Waals surface area contributed by atoms with Crippen molar-refractivity contribution in [3.8, 4) is 11.5 Å². The van der Waals surface area contributed by atoms with Crippen LogP contribution in [0.3, 0.4) is 0 Å². The molecule has 0 saturated carbocycles. The number of fused-ring (bicyclic) bond motifs is 2. The van der Waals surface area contributed by atoms with Gasteiger partial charge in [0, 0.05) is 25.7 Å². The van der Waals surface area contributed by atoms with Crippen LogP contribution in [-0.4, -0.2) is 33.7 Å². The molecule has 0 saturated heterocycles. The monoisotopic (exact) mass is 444 g/mol. The number of nitrogens with zero attached hydrogens (tertiary/aromatic N) is 2. The second-order valence-corrected chi connectivity index (χ2v) is 7.55. The van der Waals surface area contributed by atoms with Gasteiger partial charge in [0.25, 0.3) is 11.5 Å². The minimum atomic E-state index is -0.579. The summed E-state index contributed by atoms with van der Waals surface area (Å²) < 4.78 is 12.7. The molecular formula is C21H21ClN4O5. The van der Waals surface area contributed by atoms with Crippen LogP contribution in [0.15, 0.2) is 34.0 Å². The summed E-state index contributed by atoms with van der Waals surface area (Å²) in [7, 11) is 0. The van der Waals surface area contributed by atoms with E-state index in [1.165, 1.54) is 16.8 Å². The van der Waals surface area contributed by atoms with Crippen LogP contribution >= 0.6 is 11.6 Å². The Balaban J connectivity index is 1.57. The lowest BCUT2D eigenvalue weighted by Gasteiger charge is -2.12. The lowest BCUT2D eigenvalue weighted by molar-refractivity contribution is 0.0950. The van der Waals surface area contributed by atoms with Gasteiger partial charge in [-0.15, -0.1) is 0 Å². The molecule has 10 heteroatoms. The fourth-order valence-electron chi connectivity index (χ4n) is 3.39. The van der Waals surface area contributed by atoms with Crippen molar-refractivity contribution in [1.29, 1.82) is 0 Å². The molecule has 0 atom stereocenters. The third kappa shape index (κ3) is 4.27. The summed E-state index contributed by atoms with van der Waals surface area (Å²) >= 11 is 6.29. The Morgan fingerprint density at radius 3 is 2.87 bits per heavy atom. The first-order valence-electron chi connectivity index (χ1n) is 9.97.